The first-order valence-electron chi connectivity index (χ1n) is 6.85. The summed E-state index contributed by atoms with van der Waals surface area (Å²) in [5, 5.41) is 3.66. The van der Waals surface area contributed by atoms with Crippen LogP contribution in [0.2, 0.25) is 0 Å². The van der Waals surface area contributed by atoms with Gasteiger partial charge in [0.2, 0.25) is 0 Å². The molecule has 1 N–H and O–H groups in total. The summed E-state index contributed by atoms with van der Waals surface area (Å²) in [5.74, 6) is 0.997. The van der Waals surface area contributed by atoms with Crippen LogP contribution in [0, 0.1) is 5.92 Å². The largest absolute Gasteiger partial charge is 0.385 e. The second kappa shape index (κ2) is 6.58. The van der Waals surface area contributed by atoms with Crippen LogP contribution in [-0.4, -0.2) is 50.8 Å². The first-order valence-corrected chi connectivity index (χ1v) is 6.85. The number of piperazine rings is 1. The van der Waals surface area contributed by atoms with Crippen LogP contribution in [0.15, 0.2) is 0 Å². The van der Waals surface area contributed by atoms with E-state index in [1.807, 2.05) is 0 Å². The van der Waals surface area contributed by atoms with Crippen LogP contribution < -0.4 is 5.32 Å². The highest BCUT2D eigenvalue weighted by Crippen LogP contribution is 2.33. The number of rotatable bonds is 7. The number of ether oxygens (including phenoxy) is 1. The molecule has 2 fully saturated rings. The van der Waals surface area contributed by atoms with E-state index in [1.165, 1.54) is 58.3 Å². The van der Waals surface area contributed by atoms with Crippen molar-refractivity contribution >= 4 is 0 Å². The first kappa shape index (κ1) is 12.3. The molecule has 1 aliphatic heterocycles. The highest BCUT2D eigenvalue weighted by molar-refractivity contribution is 4.91. The van der Waals surface area contributed by atoms with E-state index in [0.29, 0.717) is 0 Å². The number of nitrogens with zero attached hydrogens (tertiary/aromatic N) is 1. The van der Waals surface area contributed by atoms with Gasteiger partial charge in [-0.3, -0.25) is 0 Å². The predicted molar refractivity (Wildman–Crippen MR) is 66.7 cm³/mol. The lowest BCUT2D eigenvalue weighted by molar-refractivity contribution is 0.174. The van der Waals surface area contributed by atoms with Crippen LogP contribution >= 0.6 is 0 Å². The second-order valence-corrected chi connectivity index (χ2v) is 5.25. The Bertz CT molecular complexity index is 194. The van der Waals surface area contributed by atoms with Gasteiger partial charge in [0, 0.05) is 39.4 Å². The van der Waals surface area contributed by atoms with Gasteiger partial charge >= 0.3 is 0 Å². The normalized spacial score (nSPS) is 27.2. The highest BCUT2D eigenvalue weighted by atomic mass is 16.5. The zero-order valence-electron chi connectivity index (χ0n) is 10.6. The fraction of sp³-hybridized carbons (Fsp3) is 1.00. The van der Waals surface area contributed by atoms with Crippen LogP contribution in [-0.2, 0) is 4.74 Å². The highest BCUT2D eigenvalue weighted by Gasteiger charge is 2.33. The van der Waals surface area contributed by atoms with E-state index in [-0.39, 0.29) is 0 Å². The minimum absolute atomic E-state index is 0.799. The summed E-state index contributed by atoms with van der Waals surface area (Å²) in [6.07, 6.45) is 6.78. The van der Waals surface area contributed by atoms with E-state index in [1.54, 1.807) is 7.11 Å². The molecule has 1 heterocycles. The Morgan fingerprint density at radius 1 is 1.25 bits per heavy atom. The minimum Gasteiger partial charge on any atom is -0.385 e. The molecule has 0 amide bonds. The third-order valence-corrected chi connectivity index (χ3v) is 3.80. The SMILES string of the molecule is COCCCCCN1CCNC(C2CC2)C1. The number of nitrogens with one attached hydrogen (secondary N) is 1. The Morgan fingerprint density at radius 2 is 2.12 bits per heavy atom. The molecule has 0 aromatic rings. The van der Waals surface area contributed by atoms with E-state index in [0.717, 1.165) is 18.6 Å². The summed E-state index contributed by atoms with van der Waals surface area (Å²) >= 11 is 0. The summed E-state index contributed by atoms with van der Waals surface area (Å²) in [6, 6.07) is 0.799. The molecule has 3 heteroatoms. The van der Waals surface area contributed by atoms with E-state index >= 15 is 0 Å². The minimum atomic E-state index is 0.799. The molecule has 0 aromatic heterocycles. The molecule has 1 aliphatic carbocycles. The van der Waals surface area contributed by atoms with Crippen molar-refractivity contribution in [1.29, 1.82) is 0 Å². The Morgan fingerprint density at radius 3 is 2.88 bits per heavy atom. The van der Waals surface area contributed by atoms with Gasteiger partial charge in [-0.05, 0) is 44.6 Å². The van der Waals surface area contributed by atoms with E-state index < -0.39 is 0 Å². The summed E-state index contributed by atoms with van der Waals surface area (Å²) in [5.41, 5.74) is 0. The van der Waals surface area contributed by atoms with Gasteiger partial charge in [-0.2, -0.15) is 0 Å². The summed E-state index contributed by atoms with van der Waals surface area (Å²) < 4.78 is 5.07. The third kappa shape index (κ3) is 4.04. The molecule has 1 saturated carbocycles. The predicted octanol–water partition coefficient (Wildman–Crippen LogP) is 1.49. The maximum Gasteiger partial charge on any atom is 0.0462 e. The molecule has 3 nitrogen and oxygen atoms in total. The van der Waals surface area contributed by atoms with E-state index in [4.69, 9.17) is 4.74 Å². The molecule has 1 saturated heterocycles. The van der Waals surface area contributed by atoms with Crippen molar-refractivity contribution in [3.05, 3.63) is 0 Å². The second-order valence-electron chi connectivity index (χ2n) is 5.25. The maximum atomic E-state index is 5.07. The van der Waals surface area contributed by atoms with Gasteiger partial charge in [-0.15, -0.1) is 0 Å². The standard InChI is InChI=1S/C13H26N2O/c1-16-10-4-2-3-8-15-9-7-14-13(11-15)12-5-6-12/h12-14H,2-11H2,1H3. The topological polar surface area (TPSA) is 24.5 Å². The molecule has 1 unspecified atom stereocenters. The fourth-order valence-corrected chi connectivity index (χ4v) is 2.62. The monoisotopic (exact) mass is 226 g/mol. The molecule has 16 heavy (non-hydrogen) atoms. The average Bonchev–Trinajstić information content (AvgIpc) is 3.13. The van der Waals surface area contributed by atoms with Crippen LogP contribution in [0.25, 0.3) is 0 Å². The van der Waals surface area contributed by atoms with Crippen LogP contribution in [0.3, 0.4) is 0 Å². The van der Waals surface area contributed by atoms with Gasteiger partial charge in [0.1, 0.15) is 0 Å². The van der Waals surface area contributed by atoms with Gasteiger partial charge in [0.05, 0.1) is 0 Å². The Hall–Kier alpha value is -0.120. The van der Waals surface area contributed by atoms with Gasteiger partial charge in [0.15, 0.2) is 0 Å². The van der Waals surface area contributed by atoms with Gasteiger partial charge < -0.3 is 15.0 Å². The van der Waals surface area contributed by atoms with Crippen molar-refractivity contribution in [3.63, 3.8) is 0 Å². The Labute approximate surface area is 99.5 Å². The quantitative estimate of drug-likeness (QED) is 0.666. The maximum absolute atomic E-state index is 5.07. The van der Waals surface area contributed by atoms with Crippen molar-refractivity contribution in [1.82, 2.24) is 10.2 Å². The zero-order valence-corrected chi connectivity index (χ0v) is 10.6. The molecule has 1 atom stereocenters. The molecule has 94 valence electrons. The zero-order chi connectivity index (χ0) is 11.2. The van der Waals surface area contributed by atoms with Crippen molar-refractivity contribution in [2.75, 3.05) is 39.9 Å². The third-order valence-electron chi connectivity index (χ3n) is 3.80. The van der Waals surface area contributed by atoms with Crippen molar-refractivity contribution in [2.24, 2.45) is 5.92 Å². The fourth-order valence-electron chi connectivity index (χ4n) is 2.62. The van der Waals surface area contributed by atoms with Crippen molar-refractivity contribution < 1.29 is 4.74 Å². The summed E-state index contributed by atoms with van der Waals surface area (Å²) in [4.78, 5) is 2.65. The molecular weight excluding hydrogens is 200 g/mol. The van der Waals surface area contributed by atoms with E-state index in [9.17, 15) is 0 Å². The molecule has 0 bridgehead atoms. The lowest BCUT2D eigenvalue weighted by Crippen LogP contribution is -2.51. The molecule has 0 spiro atoms. The molecule has 0 aromatic carbocycles. The number of hydrogen-bond donors (Lipinski definition) is 1. The summed E-state index contributed by atoms with van der Waals surface area (Å²) in [7, 11) is 1.79. The molecule has 2 aliphatic rings. The number of unbranched alkanes of at least 4 members (excludes halogenated alkanes) is 2. The van der Waals surface area contributed by atoms with E-state index in [2.05, 4.69) is 10.2 Å². The average molecular weight is 226 g/mol. The smallest absolute Gasteiger partial charge is 0.0462 e. The number of methoxy groups -OCH3 is 1. The van der Waals surface area contributed by atoms with Crippen LogP contribution in [0.5, 0.6) is 0 Å². The lowest BCUT2D eigenvalue weighted by atomic mass is 10.1. The lowest BCUT2D eigenvalue weighted by Gasteiger charge is -2.33. The first-order chi connectivity index (χ1) is 7.90. The van der Waals surface area contributed by atoms with Crippen molar-refractivity contribution in [3.8, 4) is 0 Å². The Balaban J connectivity index is 1.54. The summed E-state index contributed by atoms with van der Waals surface area (Å²) in [6.45, 7) is 5.93. The molecule has 2 rings (SSSR count). The molecule has 0 radical (unpaired) electrons. The van der Waals surface area contributed by atoms with Crippen molar-refractivity contribution in [2.45, 2.75) is 38.1 Å². The number of hydrogen-bond acceptors (Lipinski definition) is 3. The molecular formula is C13H26N2O. The van der Waals surface area contributed by atoms with Crippen LogP contribution in [0.4, 0.5) is 0 Å². The van der Waals surface area contributed by atoms with Gasteiger partial charge in [-0.1, -0.05) is 0 Å². The Kier molecular flexibility index (Phi) is 5.07. The van der Waals surface area contributed by atoms with Gasteiger partial charge in [-0.25, -0.2) is 0 Å². The van der Waals surface area contributed by atoms with Gasteiger partial charge in [0.25, 0.3) is 0 Å². The van der Waals surface area contributed by atoms with Crippen LogP contribution in [0.1, 0.15) is 32.1 Å².